The van der Waals surface area contributed by atoms with Crippen molar-refractivity contribution < 1.29 is 14.5 Å². The van der Waals surface area contributed by atoms with Gasteiger partial charge in [-0.25, -0.2) is 4.79 Å². The smallest absolute Gasteiger partial charge is 0.318 e. The van der Waals surface area contributed by atoms with E-state index >= 15 is 0 Å². The third-order valence-corrected chi connectivity index (χ3v) is 4.91. The van der Waals surface area contributed by atoms with Crippen LogP contribution in [-0.2, 0) is 11.3 Å². The Morgan fingerprint density at radius 3 is 2.54 bits per heavy atom. The van der Waals surface area contributed by atoms with Crippen LogP contribution in [0.3, 0.4) is 0 Å². The Kier molecular flexibility index (Phi) is 7.16. The van der Waals surface area contributed by atoms with Crippen LogP contribution in [0.2, 0.25) is 0 Å². The molecule has 0 saturated carbocycles. The second-order valence-electron chi connectivity index (χ2n) is 6.15. The monoisotopic (exact) mass is 377 g/mol. The summed E-state index contributed by atoms with van der Waals surface area (Å²) in [5, 5.41) is 11.4. The largest absolute Gasteiger partial charge is 0.351 e. The number of hydrogen-bond donors (Lipinski definition) is 3. The van der Waals surface area contributed by atoms with E-state index in [2.05, 4.69) is 36.5 Å². The van der Waals surface area contributed by atoms with Gasteiger partial charge in [0.15, 0.2) is 11.0 Å². The van der Waals surface area contributed by atoms with E-state index in [1.165, 1.54) is 16.7 Å². The SMILES string of the molecule is CC[C@H](c1nnc(SCC(=O)NC(N)=O)n1Cc1ccccc1)[NH+](C)C. The Hall–Kier alpha value is -2.39. The standard InChI is InChI=1S/C17H24N6O2S/c1-4-13(22(2)3)15-20-21-17(26-11-14(24)19-16(18)25)23(15)10-12-8-6-5-7-9-12/h5-9,13H,4,10-11H2,1-3H3,(H3,18,19,24,25)/p+1/t13-/m1/s1. The Labute approximate surface area is 157 Å². The maximum Gasteiger partial charge on any atom is 0.318 e. The second kappa shape index (κ2) is 9.35. The molecule has 0 unspecified atom stereocenters. The first-order valence-electron chi connectivity index (χ1n) is 8.41. The van der Waals surface area contributed by atoms with E-state index in [9.17, 15) is 9.59 Å². The molecule has 0 fully saturated rings. The zero-order chi connectivity index (χ0) is 19.1. The summed E-state index contributed by atoms with van der Waals surface area (Å²) in [6.07, 6.45) is 0.919. The van der Waals surface area contributed by atoms with E-state index in [1.54, 1.807) is 0 Å². The highest BCUT2D eigenvalue weighted by Gasteiger charge is 2.25. The predicted molar refractivity (Wildman–Crippen MR) is 99.9 cm³/mol. The molecule has 1 aromatic heterocycles. The van der Waals surface area contributed by atoms with Crippen LogP contribution in [0.4, 0.5) is 4.79 Å². The molecule has 0 aliphatic heterocycles. The average Bonchev–Trinajstić information content (AvgIpc) is 2.96. The molecule has 1 atom stereocenters. The number of imide groups is 1. The van der Waals surface area contributed by atoms with Crippen molar-refractivity contribution in [1.29, 1.82) is 0 Å². The third kappa shape index (κ3) is 5.30. The van der Waals surface area contributed by atoms with Gasteiger partial charge in [-0.15, -0.1) is 10.2 Å². The Balaban J connectivity index is 2.27. The molecule has 140 valence electrons. The normalized spacial score (nSPS) is 12.2. The summed E-state index contributed by atoms with van der Waals surface area (Å²) in [6.45, 7) is 2.74. The van der Waals surface area contributed by atoms with Crippen LogP contribution < -0.4 is 16.0 Å². The maximum absolute atomic E-state index is 11.7. The summed E-state index contributed by atoms with van der Waals surface area (Å²) in [4.78, 5) is 23.7. The number of thioether (sulfide) groups is 1. The molecule has 1 aromatic carbocycles. The van der Waals surface area contributed by atoms with Gasteiger partial charge in [-0.2, -0.15) is 0 Å². The summed E-state index contributed by atoms with van der Waals surface area (Å²) in [5.74, 6) is 0.472. The van der Waals surface area contributed by atoms with Gasteiger partial charge in [-0.05, 0) is 5.56 Å². The van der Waals surface area contributed by atoms with Crippen molar-refractivity contribution in [2.75, 3.05) is 19.8 Å². The van der Waals surface area contributed by atoms with Gasteiger partial charge in [0.25, 0.3) is 0 Å². The minimum Gasteiger partial charge on any atom is -0.351 e. The summed E-state index contributed by atoms with van der Waals surface area (Å²) in [7, 11) is 4.17. The number of amides is 3. The number of primary amides is 1. The fourth-order valence-corrected chi connectivity index (χ4v) is 3.48. The lowest BCUT2D eigenvalue weighted by Gasteiger charge is -2.20. The Morgan fingerprint density at radius 2 is 1.96 bits per heavy atom. The maximum atomic E-state index is 11.7. The molecule has 9 heteroatoms. The summed E-state index contributed by atoms with van der Waals surface area (Å²) >= 11 is 1.24. The van der Waals surface area contributed by atoms with E-state index in [0.29, 0.717) is 11.7 Å². The minimum absolute atomic E-state index is 0.0431. The lowest BCUT2D eigenvalue weighted by atomic mass is 10.2. The molecule has 1 heterocycles. The molecular formula is C17H25N6O2S+. The van der Waals surface area contributed by atoms with Crippen LogP contribution in [0, 0.1) is 0 Å². The first-order chi connectivity index (χ1) is 12.4. The molecule has 0 spiro atoms. The van der Waals surface area contributed by atoms with Crippen LogP contribution in [0.1, 0.15) is 30.8 Å². The Morgan fingerprint density at radius 1 is 1.27 bits per heavy atom. The number of benzene rings is 1. The van der Waals surface area contributed by atoms with Gasteiger partial charge in [0, 0.05) is 6.42 Å². The number of carbonyl (C=O) groups is 2. The van der Waals surface area contributed by atoms with Gasteiger partial charge in [-0.3, -0.25) is 14.7 Å². The Bertz CT molecular complexity index is 747. The molecule has 0 bridgehead atoms. The van der Waals surface area contributed by atoms with E-state index in [-0.39, 0.29) is 11.8 Å². The van der Waals surface area contributed by atoms with Crippen molar-refractivity contribution in [3.05, 3.63) is 41.7 Å². The number of nitrogens with zero attached hydrogens (tertiary/aromatic N) is 3. The number of urea groups is 1. The highest BCUT2D eigenvalue weighted by Crippen LogP contribution is 2.22. The average molecular weight is 377 g/mol. The van der Waals surface area contributed by atoms with Crippen LogP contribution in [0.5, 0.6) is 0 Å². The first-order valence-corrected chi connectivity index (χ1v) is 9.40. The van der Waals surface area contributed by atoms with Crippen molar-refractivity contribution in [3.8, 4) is 0 Å². The van der Waals surface area contributed by atoms with Gasteiger partial charge >= 0.3 is 6.03 Å². The topological polar surface area (TPSA) is 107 Å². The number of hydrogen-bond acceptors (Lipinski definition) is 5. The van der Waals surface area contributed by atoms with Gasteiger partial charge < -0.3 is 10.6 Å². The summed E-state index contributed by atoms with van der Waals surface area (Å²) in [6, 6.07) is 9.37. The molecular weight excluding hydrogens is 352 g/mol. The fourth-order valence-electron chi connectivity index (χ4n) is 2.73. The minimum atomic E-state index is -0.857. The van der Waals surface area contributed by atoms with Gasteiger partial charge in [-0.1, -0.05) is 49.0 Å². The molecule has 3 amide bonds. The molecule has 2 rings (SSSR count). The predicted octanol–water partition coefficient (Wildman–Crippen LogP) is 0.209. The van der Waals surface area contributed by atoms with Gasteiger partial charge in [0.05, 0.1) is 26.4 Å². The van der Waals surface area contributed by atoms with Crippen molar-refractivity contribution in [1.82, 2.24) is 20.1 Å². The van der Waals surface area contributed by atoms with Crippen molar-refractivity contribution in [2.45, 2.75) is 31.1 Å². The molecule has 0 saturated heterocycles. The highest BCUT2D eigenvalue weighted by atomic mass is 32.2. The fraction of sp³-hybridized carbons (Fsp3) is 0.412. The third-order valence-electron chi connectivity index (χ3n) is 3.94. The molecule has 0 radical (unpaired) electrons. The number of nitrogens with one attached hydrogen (secondary N) is 2. The number of rotatable bonds is 8. The van der Waals surface area contributed by atoms with Crippen molar-refractivity contribution in [2.24, 2.45) is 5.73 Å². The van der Waals surface area contributed by atoms with E-state index in [0.717, 1.165) is 17.8 Å². The lowest BCUT2D eigenvalue weighted by molar-refractivity contribution is -0.893. The number of quaternary nitrogens is 1. The zero-order valence-corrected chi connectivity index (χ0v) is 16.0. The van der Waals surface area contributed by atoms with E-state index in [4.69, 9.17) is 5.73 Å². The van der Waals surface area contributed by atoms with E-state index < -0.39 is 11.9 Å². The van der Waals surface area contributed by atoms with Gasteiger partial charge in [0.1, 0.15) is 6.04 Å². The number of aromatic nitrogens is 3. The lowest BCUT2D eigenvalue weighted by Crippen LogP contribution is -3.06. The zero-order valence-electron chi connectivity index (χ0n) is 15.2. The molecule has 4 N–H and O–H groups in total. The van der Waals surface area contributed by atoms with Crippen LogP contribution in [-0.4, -0.2) is 46.6 Å². The van der Waals surface area contributed by atoms with Crippen molar-refractivity contribution >= 4 is 23.7 Å². The van der Waals surface area contributed by atoms with E-state index in [1.807, 2.05) is 34.9 Å². The van der Waals surface area contributed by atoms with Gasteiger partial charge in [0.2, 0.25) is 5.91 Å². The molecule has 8 nitrogen and oxygen atoms in total. The second-order valence-corrected chi connectivity index (χ2v) is 7.09. The number of nitrogens with two attached hydrogens (primary N) is 1. The highest BCUT2D eigenvalue weighted by molar-refractivity contribution is 7.99. The molecule has 2 aromatic rings. The number of carbonyl (C=O) groups excluding carboxylic acids is 2. The molecule has 26 heavy (non-hydrogen) atoms. The van der Waals surface area contributed by atoms with Crippen LogP contribution in [0.25, 0.3) is 0 Å². The van der Waals surface area contributed by atoms with Crippen molar-refractivity contribution in [3.63, 3.8) is 0 Å². The van der Waals surface area contributed by atoms with Crippen LogP contribution >= 0.6 is 11.8 Å². The van der Waals surface area contributed by atoms with Crippen LogP contribution in [0.15, 0.2) is 35.5 Å². The molecule has 0 aliphatic rings. The first kappa shape index (κ1) is 19.9. The summed E-state index contributed by atoms with van der Waals surface area (Å²) in [5.41, 5.74) is 6.10. The quantitative estimate of drug-likeness (QED) is 0.570. The molecule has 0 aliphatic carbocycles. The summed E-state index contributed by atoms with van der Waals surface area (Å²) < 4.78 is 2.04.